The van der Waals surface area contributed by atoms with E-state index in [1.807, 2.05) is 0 Å². The Hall–Kier alpha value is -4.22. The van der Waals surface area contributed by atoms with Crippen LogP contribution in [-0.4, -0.2) is 46.8 Å². The second kappa shape index (κ2) is 8.61. The molecule has 0 radical (unpaired) electrons. The lowest BCUT2D eigenvalue weighted by molar-refractivity contribution is -0.274. The maximum absolute atomic E-state index is 12.8. The van der Waals surface area contributed by atoms with Crippen LogP contribution in [0.15, 0.2) is 42.5 Å². The van der Waals surface area contributed by atoms with Crippen LogP contribution in [0.1, 0.15) is 49.5 Å². The van der Waals surface area contributed by atoms with Crippen molar-refractivity contribution in [2.24, 2.45) is 0 Å². The summed E-state index contributed by atoms with van der Waals surface area (Å²) in [6, 6.07) is 7.61. The first-order valence-electron chi connectivity index (χ1n) is 10.0. The predicted octanol–water partition coefficient (Wildman–Crippen LogP) is 1.92. The molecule has 1 atom stereocenters. The molecule has 2 aliphatic heterocycles. The minimum Gasteiger partial charge on any atom is -0.406 e. The number of carbonyl (C=O) groups excluding carboxylic acids is 5. The molecule has 0 aromatic heterocycles. The van der Waals surface area contributed by atoms with E-state index in [9.17, 15) is 37.1 Å². The lowest BCUT2D eigenvalue weighted by Gasteiger charge is -2.27. The molecule has 1 unspecified atom stereocenters. The van der Waals surface area contributed by atoms with E-state index in [-0.39, 0.29) is 36.1 Å². The number of imide groups is 2. The lowest BCUT2D eigenvalue weighted by atomic mass is 10.0. The van der Waals surface area contributed by atoms with E-state index >= 15 is 0 Å². The van der Waals surface area contributed by atoms with Crippen LogP contribution in [0.3, 0.4) is 0 Å². The fourth-order valence-electron chi connectivity index (χ4n) is 3.72. The van der Waals surface area contributed by atoms with Crippen LogP contribution in [0.25, 0.3) is 0 Å². The molecule has 4 rings (SSSR count). The van der Waals surface area contributed by atoms with Crippen LogP contribution in [0, 0.1) is 0 Å². The Balaban J connectivity index is 1.42. The number of nitrogens with one attached hydrogen (secondary N) is 2. The predicted molar refractivity (Wildman–Crippen MR) is 107 cm³/mol. The molecular formula is C22H16F3N3O6. The molecule has 34 heavy (non-hydrogen) atoms. The van der Waals surface area contributed by atoms with Crippen molar-refractivity contribution in [3.63, 3.8) is 0 Å². The molecule has 1 fully saturated rings. The zero-order valence-electron chi connectivity index (χ0n) is 17.3. The van der Waals surface area contributed by atoms with Crippen molar-refractivity contribution in [1.82, 2.24) is 15.5 Å². The molecule has 2 heterocycles. The van der Waals surface area contributed by atoms with Crippen LogP contribution < -0.4 is 15.4 Å². The van der Waals surface area contributed by atoms with Crippen LogP contribution >= 0.6 is 0 Å². The van der Waals surface area contributed by atoms with Crippen molar-refractivity contribution in [1.29, 1.82) is 0 Å². The minimum atomic E-state index is -4.84. The number of ether oxygens (including phenoxy) is 1. The van der Waals surface area contributed by atoms with E-state index in [0.29, 0.717) is 5.56 Å². The van der Waals surface area contributed by atoms with Gasteiger partial charge >= 0.3 is 6.36 Å². The number of hydrogen-bond donors (Lipinski definition) is 2. The first-order valence-corrected chi connectivity index (χ1v) is 10.0. The molecule has 9 nitrogen and oxygen atoms in total. The van der Waals surface area contributed by atoms with Crippen LogP contribution in [0.4, 0.5) is 13.2 Å². The summed E-state index contributed by atoms with van der Waals surface area (Å²) in [5.74, 6) is -3.56. The lowest BCUT2D eigenvalue weighted by Crippen LogP contribution is -2.54. The Kier molecular flexibility index (Phi) is 5.82. The summed E-state index contributed by atoms with van der Waals surface area (Å²) in [6.07, 6.45) is -4.81. The van der Waals surface area contributed by atoms with Gasteiger partial charge in [-0.05, 0) is 48.4 Å². The van der Waals surface area contributed by atoms with Crippen LogP contribution in [-0.2, 0) is 16.1 Å². The van der Waals surface area contributed by atoms with Gasteiger partial charge in [0.15, 0.2) is 0 Å². The molecule has 2 aromatic carbocycles. The van der Waals surface area contributed by atoms with Gasteiger partial charge in [-0.3, -0.25) is 34.2 Å². The molecule has 2 aliphatic rings. The van der Waals surface area contributed by atoms with E-state index in [0.717, 1.165) is 17.0 Å². The van der Waals surface area contributed by atoms with Gasteiger partial charge in [-0.25, -0.2) is 0 Å². The number of benzene rings is 2. The number of halogens is 3. The summed E-state index contributed by atoms with van der Waals surface area (Å²) in [6.45, 7) is -0.0349. The maximum atomic E-state index is 12.8. The van der Waals surface area contributed by atoms with Gasteiger partial charge in [0.1, 0.15) is 11.8 Å². The first kappa shape index (κ1) is 23.0. The van der Waals surface area contributed by atoms with Gasteiger partial charge in [-0.2, -0.15) is 0 Å². The van der Waals surface area contributed by atoms with Gasteiger partial charge in [0.05, 0.1) is 11.1 Å². The van der Waals surface area contributed by atoms with Crippen molar-refractivity contribution >= 4 is 29.5 Å². The SMILES string of the molecule is O=C1CCC(N2C(=O)c3ccc(CNC(=O)c4ccc(OC(F)(F)F)cc4)cc3C2=O)C(=O)N1. The zero-order chi connectivity index (χ0) is 24.6. The van der Waals surface area contributed by atoms with Crippen molar-refractivity contribution in [2.75, 3.05) is 0 Å². The standard InChI is InChI=1S/C22H16F3N3O6/c23-22(24,25)34-13-4-2-12(3-5-13)18(30)26-10-11-1-6-14-15(9-11)21(33)28(20(14)32)16-7-8-17(29)27-19(16)31/h1-6,9,16H,7-8,10H2,(H,26,30)(H,27,29,31). The number of amides is 5. The minimum absolute atomic E-state index is 0.00437. The highest BCUT2D eigenvalue weighted by Crippen LogP contribution is 2.28. The fourth-order valence-corrected chi connectivity index (χ4v) is 3.72. The van der Waals surface area contributed by atoms with E-state index in [1.165, 1.54) is 30.3 Å². The number of fused-ring (bicyclic) bond motifs is 1. The Bertz CT molecular complexity index is 1210. The normalized spacial score (nSPS) is 18.0. The monoisotopic (exact) mass is 475 g/mol. The first-order chi connectivity index (χ1) is 16.0. The quantitative estimate of drug-likeness (QED) is 0.638. The fraction of sp³-hybridized carbons (Fsp3) is 0.227. The smallest absolute Gasteiger partial charge is 0.406 e. The number of hydrogen-bond acceptors (Lipinski definition) is 6. The van der Waals surface area contributed by atoms with Crippen molar-refractivity contribution in [3.8, 4) is 5.75 Å². The Morgan fingerprint density at radius 3 is 2.35 bits per heavy atom. The summed E-state index contributed by atoms with van der Waals surface area (Å²) < 4.78 is 40.5. The van der Waals surface area contributed by atoms with Crippen LogP contribution in [0.2, 0.25) is 0 Å². The third kappa shape index (κ3) is 4.60. The van der Waals surface area contributed by atoms with E-state index in [1.54, 1.807) is 0 Å². The second-order valence-electron chi connectivity index (χ2n) is 7.58. The van der Waals surface area contributed by atoms with Crippen molar-refractivity contribution in [3.05, 3.63) is 64.7 Å². The molecule has 5 amide bonds. The summed E-state index contributed by atoms with van der Waals surface area (Å²) >= 11 is 0. The molecule has 2 aromatic rings. The van der Waals surface area contributed by atoms with Gasteiger partial charge in [0.2, 0.25) is 11.8 Å². The van der Waals surface area contributed by atoms with Gasteiger partial charge in [-0.15, -0.1) is 13.2 Å². The highest BCUT2D eigenvalue weighted by Gasteiger charge is 2.44. The Morgan fingerprint density at radius 1 is 1.03 bits per heavy atom. The van der Waals surface area contributed by atoms with Gasteiger partial charge in [0.25, 0.3) is 17.7 Å². The number of rotatable bonds is 5. The summed E-state index contributed by atoms with van der Waals surface area (Å²) in [7, 11) is 0. The van der Waals surface area contributed by atoms with Crippen LogP contribution in [0.5, 0.6) is 5.75 Å². The summed E-state index contributed by atoms with van der Waals surface area (Å²) in [5.41, 5.74) is 0.738. The molecule has 176 valence electrons. The maximum Gasteiger partial charge on any atom is 0.573 e. The number of alkyl halides is 3. The molecule has 0 spiro atoms. The van der Waals surface area contributed by atoms with Crippen molar-refractivity contribution < 1.29 is 41.9 Å². The third-order valence-corrected chi connectivity index (χ3v) is 5.31. The topological polar surface area (TPSA) is 122 Å². The molecule has 1 saturated heterocycles. The molecule has 0 bridgehead atoms. The molecular weight excluding hydrogens is 459 g/mol. The van der Waals surface area contributed by atoms with E-state index in [2.05, 4.69) is 15.4 Å². The largest absolute Gasteiger partial charge is 0.573 e. The second-order valence-corrected chi connectivity index (χ2v) is 7.58. The highest BCUT2D eigenvalue weighted by molar-refractivity contribution is 6.23. The number of carbonyl (C=O) groups is 5. The average molecular weight is 475 g/mol. The van der Waals surface area contributed by atoms with Gasteiger partial charge in [-0.1, -0.05) is 6.07 Å². The van der Waals surface area contributed by atoms with Gasteiger partial charge < -0.3 is 10.1 Å². The molecule has 0 aliphatic carbocycles. The summed E-state index contributed by atoms with van der Waals surface area (Å²) in [5, 5.41) is 4.69. The van der Waals surface area contributed by atoms with E-state index in [4.69, 9.17) is 0 Å². The Morgan fingerprint density at radius 2 is 1.71 bits per heavy atom. The summed E-state index contributed by atoms with van der Waals surface area (Å²) in [4.78, 5) is 62.1. The molecule has 0 saturated carbocycles. The third-order valence-electron chi connectivity index (χ3n) is 5.31. The Labute approximate surface area is 189 Å². The van der Waals surface area contributed by atoms with Crippen molar-refractivity contribution in [2.45, 2.75) is 31.8 Å². The number of nitrogens with zero attached hydrogens (tertiary/aromatic N) is 1. The highest BCUT2D eigenvalue weighted by atomic mass is 19.4. The molecule has 2 N–H and O–H groups in total. The zero-order valence-corrected chi connectivity index (χ0v) is 17.3. The average Bonchev–Trinajstić information content (AvgIpc) is 3.01. The van der Waals surface area contributed by atoms with E-state index < -0.39 is 47.7 Å². The number of piperidine rings is 1. The molecule has 12 heteroatoms. The van der Waals surface area contributed by atoms with Gasteiger partial charge in [0, 0.05) is 18.5 Å².